The molecule has 3 rings (SSSR count). The van der Waals surface area contributed by atoms with Crippen LogP contribution in [0.3, 0.4) is 0 Å². The molecule has 1 aliphatic rings. The lowest BCUT2D eigenvalue weighted by atomic mass is 9.77. The Bertz CT molecular complexity index is 521. The molecule has 1 heterocycles. The van der Waals surface area contributed by atoms with Crippen molar-refractivity contribution < 1.29 is 0 Å². The maximum absolute atomic E-state index is 5.87. The molecule has 0 radical (unpaired) electrons. The summed E-state index contributed by atoms with van der Waals surface area (Å²) in [5, 5.41) is 5.94. The van der Waals surface area contributed by atoms with Crippen molar-refractivity contribution in [2.75, 3.05) is 11.9 Å². The largest absolute Gasteiger partial charge is 0.363 e. The molecule has 1 saturated carbocycles. The number of benzene rings is 1. The van der Waals surface area contributed by atoms with Gasteiger partial charge in [0.2, 0.25) is 0 Å². The zero-order valence-electron chi connectivity index (χ0n) is 9.82. The third kappa shape index (κ3) is 1.76. The quantitative estimate of drug-likeness (QED) is 0.847. The molecule has 0 aliphatic heterocycles. The number of aromatic nitrogens is 1. The minimum absolute atomic E-state index is 0.0805. The van der Waals surface area contributed by atoms with Crippen LogP contribution < -0.4 is 11.1 Å². The molecule has 17 heavy (non-hydrogen) atoms. The fraction of sp³-hybridized carbons (Fsp3) is 0.357. The molecule has 88 valence electrons. The number of nitrogens with zero attached hydrogens (tertiary/aromatic N) is 1. The Morgan fingerprint density at radius 3 is 2.76 bits per heavy atom. The molecular weight excluding hydrogens is 210 g/mol. The van der Waals surface area contributed by atoms with Crippen molar-refractivity contribution in [3.05, 3.63) is 36.5 Å². The summed E-state index contributed by atoms with van der Waals surface area (Å²) < 4.78 is 0. The van der Waals surface area contributed by atoms with Gasteiger partial charge in [-0.3, -0.25) is 0 Å². The monoisotopic (exact) mass is 227 g/mol. The van der Waals surface area contributed by atoms with Gasteiger partial charge in [0.05, 0.1) is 5.54 Å². The Balaban J connectivity index is 2.00. The molecule has 0 unspecified atom stereocenters. The maximum atomic E-state index is 5.87. The molecule has 0 amide bonds. The standard InChI is InChI=1S/C14H17N3/c15-10-14(7-3-8-14)17-13-12-5-2-1-4-11(12)6-9-16-13/h1-2,4-6,9H,3,7-8,10,15H2,(H,16,17). The topological polar surface area (TPSA) is 50.9 Å². The van der Waals surface area contributed by atoms with Gasteiger partial charge in [0.1, 0.15) is 5.82 Å². The van der Waals surface area contributed by atoms with Gasteiger partial charge in [0.15, 0.2) is 0 Å². The fourth-order valence-corrected chi connectivity index (χ4v) is 2.45. The SMILES string of the molecule is NCC1(Nc2nccc3ccccc23)CCC1. The van der Waals surface area contributed by atoms with Crippen molar-refractivity contribution in [3.8, 4) is 0 Å². The third-order valence-electron chi connectivity index (χ3n) is 3.76. The lowest BCUT2D eigenvalue weighted by Crippen LogP contribution is -2.51. The second-order valence-corrected chi connectivity index (χ2v) is 4.84. The van der Waals surface area contributed by atoms with Gasteiger partial charge in [-0.2, -0.15) is 0 Å². The summed E-state index contributed by atoms with van der Waals surface area (Å²) in [6, 6.07) is 10.3. The van der Waals surface area contributed by atoms with Crippen molar-refractivity contribution in [3.63, 3.8) is 0 Å². The van der Waals surface area contributed by atoms with E-state index in [0.717, 1.165) is 18.7 Å². The van der Waals surface area contributed by atoms with Gasteiger partial charge in [-0.15, -0.1) is 0 Å². The Hall–Kier alpha value is -1.61. The van der Waals surface area contributed by atoms with E-state index in [1.807, 2.05) is 24.4 Å². The van der Waals surface area contributed by atoms with Crippen LogP contribution in [-0.4, -0.2) is 17.1 Å². The number of anilines is 1. The van der Waals surface area contributed by atoms with Crippen LogP contribution in [0.5, 0.6) is 0 Å². The molecule has 0 bridgehead atoms. The first-order valence-corrected chi connectivity index (χ1v) is 6.15. The van der Waals surface area contributed by atoms with Gasteiger partial charge in [-0.25, -0.2) is 4.98 Å². The molecule has 0 atom stereocenters. The van der Waals surface area contributed by atoms with E-state index in [2.05, 4.69) is 22.4 Å². The first-order chi connectivity index (χ1) is 8.33. The highest BCUT2D eigenvalue weighted by atomic mass is 15.1. The molecule has 0 spiro atoms. The molecule has 1 aromatic heterocycles. The van der Waals surface area contributed by atoms with Crippen LogP contribution in [-0.2, 0) is 0 Å². The average molecular weight is 227 g/mol. The summed E-state index contributed by atoms with van der Waals surface area (Å²) in [5.41, 5.74) is 5.95. The minimum atomic E-state index is 0.0805. The summed E-state index contributed by atoms with van der Waals surface area (Å²) in [6.07, 6.45) is 5.41. The summed E-state index contributed by atoms with van der Waals surface area (Å²) in [7, 11) is 0. The van der Waals surface area contributed by atoms with Gasteiger partial charge in [-0.1, -0.05) is 24.3 Å². The third-order valence-corrected chi connectivity index (χ3v) is 3.76. The lowest BCUT2D eigenvalue weighted by molar-refractivity contribution is 0.287. The Morgan fingerprint density at radius 1 is 1.24 bits per heavy atom. The zero-order chi connectivity index (χ0) is 11.7. The predicted molar refractivity (Wildman–Crippen MR) is 71.0 cm³/mol. The normalized spacial score (nSPS) is 17.7. The summed E-state index contributed by atoms with van der Waals surface area (Å²) >= 11 is 0. The van der Waals surface area contributed by atoms with E-state index in [-0.39, 0.29) is 5.54 Å². The highest BCUT2D eigenvalue weighted by Crippen LogP contribution is 2.35. The molecule has 3 nitrogen and oxygen atoms in total. The molecule has 2 aromatic rings. The van der Waals surface area contributed by atoms with Crippen LogP contribution in [0.15, 0.2) is 36.5 Å². The molecule has 0 saturated heterocycles. The van der Waals surface area contributed by atoms with Crippen LogP contribution in [0.4, 0.5) is 5.82 Å². The Kier molecular flexibility index (Phi) is 2.48. The van der Waals surface area contributed by atoms with E-state index in [0.29, 0.717) is 6.54 Å². The maximum Gasteiger partial charge on any atom is 0.134 e. The highest BCUT2D eigenvalue weighted by Gasteiger charge is 2.35. The van der Waals surface area contributed by atoms with Crippen molar-refractivity contribution >= 4 is 16.6 Å². The summed E-state index contributed by atoms with van der Waals surface area (Å²) in [5.74, 6) is 0.966. The minimum Gasteiger partial charge on any atom is -0.363 e. The van der Waals surface area contributed by atoms with Crippen LogP contribution >= 0.6 is 0 Å². The highest BCUT2D eigenvalue weighted by molar-refractivity contribution is 5.91. The van der Waals surface area contributed by atoms with Crippen LogP contribution in [0.25, 0.3) is 10.8 Å². The van der Waals surface area contributed by atoms with Crippen LogP contribution in [0, 0.1) is 0 Å². The van der Waals surface area contributed by atoms with Crippen molar-refractivity contribution in [1.29, 1.82) is 0 Å². The van der Waals surface area contributed by atoms with E-state index in [4.69, 9.17) is 5.73 Å². The lowest BCUT2D eigenvalue weighted by Gasteiger charge is -2.42. The molecule has 1 aliphatic carbocycles. The van der Waals surface area contributed by atoms with E-state index in [9.17, 15) is 0 Å². The van der Waals surface area contributed by atoms with Gasteiger partial charge >= 0.3 is 0 Å². The second kappa shape index (κ2) is 4.00. The Labute approximate surface area is 101 Å². The number of hydrogen-bond donors (Lipinski definition) is 2. The van der Waals surface area contributed by atoms with E-state index in [1.165, 1.54) is 17.2 Å². The summed E-state index contributed by atoms with van der Waals surface area (Å²) in [6.45, 7) is 0.678. The molecular formula is C14H17N3. The van der Waals surface area contributed by atoms with E-state index in [1.54, 1.807) is 0 Å². The van der Waals surface area contributed by atoms with Gasteiger partial charge in [-0.05, 0) is 30.7 Å². The Morgan fingerprint density at radius 2 is 2.06 bits per heavy atom. The number of nitrogens with two attached hydrogens (primary N) is 1. The second-order valence-electron chi connectivity index (χ2n) is 4.84. The first-order valence-electron chi connectivity index (χ1n) is 6.15. The summed E-state index contributed by atoms with van der Waals surface area (Å²) in [4.78, 5) is 4.46. The van der Waals surface area contributed by atoms with E-state index >= 15 is 0 Å². The van der Waals surface area contributed by atoms with Gasteiger partial charge in [0.25, 0.3) is 0 Å². The number of hydrogen-bond acceptors (Lipinski definition) is 3. The predicted octanol–water partition coefficient (Wildman–Crippen LogP) is 2.53. The number of nitrogens with one attached hydrogen (secondary N) is 1. The molecule has 1 aromatic carbocycles. The molecule has 3 heteroatoms. The molecule has 1 fully saturated rings. The van der Waals surface area contributed by atoms with E-state index < -0.39 is 0 Å². The number of fused-ring (bicyclic) bond motifs is 1. The van der Waals surface area contributed by atoms with Crippen molar-refractivity contribution in [2.24, 2.45) is 5.73 Å². The van der Waals surface area contributed by atoms with Crippen LogP contribution in [0.2, 0.25) is 0 Å². The van der Waals surface area contributed by atoms with Gasteiger partial charge < -0.3 is 11.1 Å². The average Bonchev–Trinajstić information content (AvgIpc) is 2.34. The van der Waals surface area contributed by atoms with Gasteiger partial charge in [0, 0.05) is 18.1 Å². The van der Waals surface area contributed by atoms with Crippen LogP contribution in [0.1, 0.15) is 19.3 Å². The smallest absolute Gasteiger partial charge is 0.134 e. The number of rotatable bonds is 3. The first kappa shape index (κ1) is 10.5. The molecule has 3 N–H and O–H groups in total. The number of pyridine rings is 1. The van der Waals surface area contributed by atoms with Crippen molar-refractivity contribution in [2.45, 2.75) is 24.8 Å². The zero-order valence-corrected chi connectivity index (χ0v) is 9.82. The van der Waals surface area contributed by atoms with Crippen molar-refractivity contribution in [1.82, 2.24) is 4.98 Å². The fourth-order valence-electron chi connectivity index (χ4n) is 2.45.